The van der Waals surface area contributed by atoms with Crippen molar-refractivity contribution in [1.29, 1.82) is 0 Å². The molecule has 0 aromatic carbocycles. The lowest BCUT2D eigenvalue weighted by atomic mass is 10.0. The van der Waals surface area contributed by atoms with E-state index in [0.29, 0.717) is 11.9 Å². The molecule has 0 saturated carbocycles. The summed E-state index contributed by atoms with van der Waals surface area (Å²) in [4.78, 5) is 19.8. The minimum Gasteiger partial charge on any atom is -0.379 e. The van der Waals surface area contributed by atoms with Crippen molar-refractivity contribution >= 4 is 11.5 Å². The first-order valence-electron chi connectivity index (χ1n) is 7.92. The normalized spacial score (nSPS) is 23.5. The minimum absolute atomic E-state index is 0.108. The van der Waals surface area contributed by atoms with Crippen LogP contribution in [-0.4, -0.2) is 60.2 Å². The van der Waals surface area contributed by atoms with Gasteiger partial charge in [-0.1, -0.05) is 0 Å². The number of hydrogen-bond acceptors (Lipinski definition) is 6. The van der Waals surface area contributed by atoms with Gasteiger partial charge in [0.1, 0.15) is 0 Å². The van der Waals surface area contributed by atoms with Gasteiger partial charge in [-0.3, -0.25) is 15.0 Å². The zero-order valence-corrected chi connectivity index (χ0v) is 12.7. The molecule has 1 unspecified atom stereocenters. The van der Waals surface area contributed by atoms with Gasteiger partial charge in [-0.15, -0.1) is 0 Å². The first-order valence-corrected chi connectivity index (χ1v) is 7.92. The fraction of sp³-hybridized carbons (Fsp3) is 0.667. The van der Waals surface area contributed by atoms with Crippen molar-refractivity contribution < 1.29 is 9.66 Å². The van der Waals surface area contributed by atoms with Crippen LogP contribution in [0.5, 0.6) is 0 Å². The average Bonchev–Trinajstić information content (AvgIpc) is 2.56. The molecular formula is C15H22N4O3. The number of piperidine rings is 1. The second kappa shape index (κ2) is 7.02. The van der Waals surface area contributed by atoms with E-state index < -0.39 is 0 Å². The van der Waals surface area contributed by atoms with Gasteiger partial charge in [0.15, 0.2) is 0 Å². The molecule has 2 aliphatic rings. The van der Waals surface area contributed by atoms with Crippen LogP contribution in [0.4, 0.5) is 11.5 Å². The highest BCUT2D eigenvalue weighted by molar-refractivity contribution is 5.58. The van der Waals surface area contributed by atoms with E-state index in [2.05, 4.69) is 14.8 Å². The number of nitro groups is 1. The topological polar surface area (TPSA) is 71.7 Å². The van der Waals surface area contributed by atoms with Crippen LogP contribution in [0.1, 0.15) is 19.3 Å². The Morgan fingerprint density at radius 3 is 2.91 bits per heavy atom. The molecule has 1 aromatic rings. The molecule has 3 rings (SSSR count). The second-order valence-electron chi connectivity index (χ2n) is 5.86. The molecule has 2 fully saturated rings. The summed E-state index contributed by atoms with van der Waals surface area (Å²) in [7, 11) is 0. The summed E-state index contributed by atoms with van der Waals surface area (Å²) in [6.07, 6.45) is 4.94. The number of nitrogens with zero attached hydrogens (tertiary/aromatic N) is 4. The Labute approximate surface area is 130 Å². The molecule has 0 amide bonds. The molecular weight excluding hydrogens is 284 g/mol. The van der Waals surface area contributed by atoms with Crippen molar-refractivity contribution in [1.82, 2.24) is 9.88 Å². The van der Waals surface area contributed by atoms with Gasteiger partial charge in [0, 0.05) is 44.5 Å². The molecule has 0 aliphatic carbocycles. The molecule has 1 atom stereocenters. The third-order valence-corrected chi connectivity index (χ3v) is 4.43. The number of ether oxygens (including phenoxy) is 1. The lowest BCUT2D eigenvalue weighted by Crippen LogP contribution is -2.50. The lowest BCUT2D eigenvalue weighted by Gasteiger charge is -2.40. The van der Waals surface area contributed by atoms with E-state index in [0.717, 1.165) is 52.2 Å². The Bertz CT molecular complexity index is 519. The maximum absolute atomic E-state index is 11.3. The third kappa shape index (κ3) is 3.36. The van der Waals surface area contributed by atoms with Crippen LogP contribution in [0.2, 0.25) is 0 Å². The fourth-order valence-corrected chi connectivity index (χ4v) is 3.30. The van der Waals surface area contributed by atoms with Crippen LogP contribution in [-0.2, 0) is 4.74 Å². The summed E-state index contributed by atoms with van der Waals surface area (Å²) in [5, 5.41) is 11.3. The SMILES string of the molecule is O=[N+]([O-])c1cccnc1N1CCCCC1CN1CCOCC1. The van der Waals surface area contributed by atoms with E-state index in [1.807, 2.05) is 0 Å². The van der Waals surface area contributed by atoms with E-state index in [4.69, 9.17) is 4.74 Å². The van der Waals surface area contributed by atoms with Crippen LogP contribution in [0.15, 0.2) is 18.3 Å². The van der Waals surface area contributed by atoms with Gasteiger partial charge in [-0.25, -0.2) is 4.98 Å². The van der Waals surface area contributed by atoms with E-state index in [1.165, 1.54) is 6.42 Å². The van der Waals surface area contributed by atoms with Crippen molar-refractivity contribution in [3.05, 3.63) is 28.4 Å². The van der Waals surface area contributed by atoms with E-state index in [1.54, 1.807) is 18.3 Å². The number of morpholine rings is 1. The molecule has 120 valence electrons. The zero-order chi connectivity index (χ0) is 15.4. The van der Waals surface area contributed by atoms with Crippen molar-refractivity contribution in [2.45, 2.75) is 25.3 Å². The molecule has 2 aliphatic heterocycles. The van der Waals surface area contributed by atoms with Gasteiger partial charge in [-0.05, 0) is 25.3 Å². The number of rotatable bonds is 4. The van der Waals surface area contributed by atoms with Crippen LogP contribution in [0.3, 0.4) is 0 Å². The smallest absolute Gasteiger partial charge is 0.311 e. The van der Waals surface area contributed by atoms with Crippen LogP contribution < -0.4 is 4.90 Å². The Morgan fingerprint density at radius 1 is 1.32 bits per heavy atom. The van der Waals surface area contributed by atoms with Gasteiger partial charge in [0.2, 0.25) is 5.82 Å². The Balaban J connectivity index is 1.78. The number of hydrogen-bond donors (Lipinski definition) is 0. The van der Waals surface area contributed by atoms with E-state index in [9.17, 15) is 10.1 Å². The largest absolute Gasteiger partial charge is 0.379 e. The van der Waals surface area contributed by atoms with Crippen LogP contribution in [0.25, 0.3) is 0 Å². The molecule has 0 radical (unpaired) electrons. The summed E-state index contributed by atoms with van der Waals surface area (Å²) in [5.41, 5.74) is 0.108. The molecule has 0 N–H and O–H groups in total. The highest BCUT2D eigenvalue weighted by atomic mass is 16.6. The molecule has 2 saturated heterocycles. The maximum Gasteiger partial charge on any atom is 0.311 e. The molecule has 7 nitrogen and oxygen atoms in total. The second-order valence-corrected chi connectivity index (χ2v) is 5.86. The summed E-state index contributed by atoms with van der Waals surface area (Å²) in [6, 6.07) is 3.46. The maximum atomic E-state index is 11.3. The van der Waals surface area contributed by atoms with Gasteiger partial charge < -0.3 is 9.64 Å². The lowest BCUT2D eigenvalue weighted by molar-refractivity contribution is -0.384. The van der Waals surface area contributed by atoms with Crippen LogP contribution >= 0.6 is 0 Å². The molecule has 1 aromatic heterocycles. The molecule has 7 heteroatoms. The number of pyridine rings is 1. The molecule has 0 spiro atoms. The highest BCUT2D eigenvalue weighted by Crippen LogP contribution is 2.30. The fourth-order valence-electron chi connectivity index (χ4n) is 3.30. The van der Waals surface area contributed by atoms with Crippen molar-refractivity contribution in [2.75, 3.05) is 44.3 Å². The monoisotopic (exact) mass is 306 g/mol. The molecule has 22 heavy (non-hydrogen) atoms. The van der Waals surface area contributed by atoms with E-state index in [-0.39, 0.29) is 10.6 Å². The highest BCUT2D eigenvalue weighted by Gasteiger charge is 2.30. The van der Waals surface area contributed by atoms with Crippen molar-refractivity contribution in [3.63, 3.8) is 0 Å². The zero-order valence-electron chi connectivity index (χ0n) is 12.7. The predicted octanol–water partition coefficient (Wildman–Crippen LogP) is 1.68. The first-order chi connectivity index (χ1) is 10.8. The van der Waals surface area contributed by atoms with Crippen LogP contribution in [0, 0.1) is 10.1 Å². The Hall–Kier alpha value is -1.73. The summed E-state index contributed by atoms with van der Waals surface area (Å²) >= 11 is 0. The Kier molecular flexibility index (Phi) is 4.84. The molecule has 0 bridgehead atoms. The van der Waals surface area contributed by atoms with Gasteiger partial charge >= 0.3 is 5.69 Å². The summed E-state index contributed by atoms with van der Waals surface area (Å²) < 4.78 is 5.39. The standard InChI is InChI=1S/C15H22N4O3/c20-19(21)14-5-3-6-16-15(14)18-7-2-1-4-13(18)12-17-8-10-22-11-9-17/h3,5-6,13H,1-2,4,7-12H2. The number of anilines is 1. The first kappa shape index (κ1) is 15.2. The van der Waals surface area contributed by atoms with Gasteiger partial charge in [0.05, 0.1) is 18.1 Å². The quantitative estimate of drug-likeness (QED) is 0.622. The minimum atomic E-state index is -0.331. The summed E-state index contributed by atoms with van der Waals surface area (Å²) in [6.45, 7) is 5.19. The van der Waals surface area contributed by atoms with Gasteiger partial charge in [-0.2, -0.15) is 0 Å². The summed E-state index contributed by atoms with van der Waals surface area (Å²) in [5.74, 6) is 0.519. The van der Waals surface area contributed by atoms with Crippen molar-refractivity contribution in [2.24, 2.45) is 0 Å². The predicted molar refractivity (Wildman–Crippen MR) is 83.1 cm³/mol. The van der Waals surface area contributed by atoms with E-state index >= 15 is 0 Å². The Morgan fingerprint density at radius 2 is 2.14 bits per heavy atom. The number of aromatic nitrogens is 1. The average molecular weight is 306 g/mol. The van der Waals surface area contributed by atoms with Gasteiger partial charge in [0.25, 0.3) is 0 Å². The molecule has 3 heterocycles. The third-order valence-electron chi connectivity index (χ3n) is 4.43. The van der Waals surface area contributed by atoms with Crippen molar-refractivity contribution in [3.8, 4) is 0 Å².